The van der Waals surface area contributed by atoms with Crippen molar-refractivity contribution in [2.45, 2.75) is 0 Å². The third kappa shape index (κ3) is 5.25. The average molecular weight is 298 g/mol. The lowest BCUT2D eigenvalue weighted by Crippen LogP contribution is -2.10. The number of ether oxygens (including phenoxy) is 2. The second-order valence-electron chi connectivity index (χ2n) is 4.14. The van der Waals surface area contributed by atoms with Crippen molar-refractivity contribution in [1.29, 1.82) is 0 Å². The number of hydrogen-bond donors (Lipinski definition) is 0. The van der Waals surface area contributed by atoms with Crippen LogP contribution in [0.2, 0.25) is 0 Å². The Morgan fingerprint density at radius 3 is 2.23 bits per heavy atom. The van der Waals surface area contributed by atoms with E-state index < -0.39 is 5.97 Å². The zero-order valence-corrected chi connectivity index (χ0v) is 12.3. The standard InChI is InChI=1S/C18H18O4/c1-4-7-14(5-2)18(20)15-8-10-16(11-9-15)21-12-13-22-17(19)6-3/h4-11H,1-3,12-13H2/b14-7+. The summed E-state index contributed by atoms with van der Waals surface area (Å²) in [4.78, 5) is 23.0. The van der Waals surface area contributed by atoms with Gasteiger partial charge in [0.05, 0.1) is 0 Å². The van der Waals surface area contributed by atoms with Gasteiger partial charge in [0.2, 0.25) is 0 Å². The van der Waals surface area contributed by atoms with Gasteiger partial charge in [0.1, 0.15) is 19.0 Å². The fraction of sp³-hybridized carbons (Fsp3) is 0.111. The van der Waals surface area contributed by atoms with Crippen LogP contribution < -0.4 is 4.74 Å². The minimum atomic E-state index is -0.490. The Morgan fingerprint density at radius 2 is 1.68 bits per heavy atom. The second-order valence-corrected chi connectivity index (χ2v) is 4.14. The molecule has 0 atom stereocenters. The first-order chi connectivity index (χ1) is 10.6. The van der Waals surface area contributed by atoms with Crippen LogP contribution in [-0.2, 0) is 9.53 Å². The molecule has 1 rings (SSSR count). The van der Waals surface area contributed by atoms with Gasteiger partial charge in [-0.25, -0.2) is 4.79 Å². The molecule has 22 heavy (non-hydrogen) atoms. The highest BCUT2D eigenvalue weighted by atomic mass is 16.6. The van der Waals surface area contributed by atoms with Crippen molar-refractivity contribution in [2.75, 3.05) is 13.2 Å². The molecular formula is C18H18O4. The van der Waals surface area contributed by atoms with E-state index in [1.807, 2.05) is 0 Å². The lowest BCUT2D eigenvalue weighted by molar-refractivity contribution is -0.138. The van der Waals surface area contributed by atoms with Crippen LogP contribution in [0.3, 0.4) is 0 Å². The quantitative estimate of drug-likeness (QED) is 0.231. The van der Waals surface area contributed by atoms with Crippen molar-refractivity contribution in [3.8, 4) is 5.75 Å². The van der Waals surface area contributed by atoms with E-state index in [1.165, 1.54) is 12.2 Å². The van der Waals surface area contributed by atoms with E-state index in [0.29, 0.717) is 16.9 Å². The Bertz CT molecular complexity index is 594. The highest BCUT2D eigenvalue weighted by molar-refractivity contribution is 6.10. The number of esters is 1. The summed E-state index contributed by atoms with van der Waals surface area (Å²) in [5, 5.41) is 0. The summed E-state index contributed by atoms with van der Waals surface area (Å²) in [6.45, 7) is 10.8. The minimum absolute atomic E-state index is 0.133. The van der Waals surface area contributed by atoms with Gasteiger partial charge >= 0.3 is 5.97 Å². The van der Waals surface area contributed by atoms with Crippen molar-refractivity contribution in [2.24, 2.45) is 0 Å². The Labute approximate surface area is 130 Å². The van der Waals surface area contributed by atoms with Crippen LogP contribution in [0.5, 0.6) is 5.75 Å². The number of hydrogen-bond acceptors (Lipinski definition) is 4. The number of benzene rings is 1. The lowest BCUT2D eigenvalue weighted by Gasteiger charge is -2.07. The zero-order valence-electron chi connectivity index (χ0n) is 12.3. The van der Waals surface area contributed by atoms with Crippen molar-refractivity contribution in [3.05, 3.63) is 79.4 Å². The molecular weight excluding hydrogens is 280 g/mol. The molecule has 0 aliphatic carbocycles. The summed E-state index contributed by atoms with van der Waals surface area (Å²) in [7, 11) is 0. The molecule has 0 saturated heterocycles. The summed E-state index contributed by atoms with van der Waals surface area (Å²) in [6.07, 6.45) is 5.72. The molecule has 0 radical (unpaired) electrons. The zero-order chi connectivity index (χ0) is 16.4. The molecule has 0 aliphatic rings. The SMILES string of the molecule is C=C/C=C(\C=C)C(=O)c1ccc(OCCOC(=O)C=C)cc1. The summed E-state index contributed by atoms with van der Waals surface area (Å²) in [6, 6.07) is 6.68. The first-order valence-electron chi connectivity index (χ1n) is 6.64. The minimum Gasteiger partial charge on any atom is -0.490 e. The number of Topliss-reactive ketones (excluding diaryl/α,β-unsaturated/α-hetero) is 1. The predicted molar refractivity (Wildman–Crippen MR) is 85.9 cm³/mol. The highest BCUT2D eigenvalue weighted by Gasteiger charge is 2.08. The molecule has 4 nitrogen and oxygen atoms in total. The van der Waals surface area contributed by atoms with E-state index in [9.17, 15) is 9.59 Å². The van der Waals surface area contributed by atoms with Crippen LogP contribution >= 0.6 is 0 Å². The van der Waals surface area contributed by atoms with Crippen molar-refractivity contribution < 1.29 is 19.1 Å². The average Bonchev–Trinajstić information content (AvgIpc) is 2.56. The number of allylic oxidation sites excluding steroid dienone is 4. The van der Waals surface area contributed by atoms with Crippen molar-refractivity contribution >= 4 is 11.8 Å². The van der Waals surface area contributed by atoms with Crippen molar-refractivity contribution in [1.82, 2.24) is 0 Å². The third-order valence-corrected chi connectivity index (χ3v) is 2.66. The number of carbonyl (C=O) groups is 2. The topological polar surface area (TPSA) is 52.6 Å². The molecule has 0 bridgehead atoms. The largest absolute Gasteiger partial charge is 0.490 e. The van der Waals surface area contributed by atoms with Crippen LogP contribution in [0, 0.1) is 0 Å². The first kappa shape index (κ1) is 17.2. The predicted octanol–water partition coefficient (Wildman–Crippen LogP) is 3.28. The molecule has 1 aromatic carbocycles. The molecule has 0 spiro atoms. The van der Waals surface area contributed by atoms with Crippen LogP contribution in [0.15, 0.2) is 73.9 Å². The van der Waals surface area contributed by atoms with E-state index in [4.69, 9.17) is 9.47 Å². The molecule has 4 heteroatoms. The molecule has 0 saturated carbocycles. The van der Waals surface area contributed by atoms with E-state index in [2.05, 4.69) is 19.7 Å². The summed E-state index contributed by atoms with van der Waals surface area (Å²) < 4.78 is 10.2. The molecule has 0 aliphatic heterocycles. The molecule has 114 valence electrons. The Kier molecular flexibility index (Phi) is 7.13. The van der Waals surface area contributed by atoms with Gasteiger partial charge in [0, 0.05) is 17.2 Å². The number of rotatable bonds is 9. The smallest absolute Gasteiger partial charge is 0.330 e. The summed E-state index contributed by atoms with van der Waals surface area (Å²) in [5.41, 5.74) is 0.999. The van der Waals surface area contributed by atoms with Crippen molar-refractivity contribution in [3.63, 3.8) is 0 Å². The molecule has 0 aromatic heterocycles. The van der Waals surface area contributed by atoms with Crippen LogP contribution in [0.4, 0.5) is 0 Å². The van der Waals surface area contributed by atoms with Gasteiger partial charge in [0.25, 0.3) is 0 Å². The maximum absolute atomic E-state index is 12.2. The van der Waals surface area contributed by atoms with Gasteiger partial charge in [-0.05, 0) is 24.3 Å². The Balaban J connectivity index is 2.59. The summed E-state index contributed by atoms with van der Waals surface area (Å²) >= 11 is 0. The summed E-state index contributed by atoms with van der Waals surface area (Å²) in [5.74, 6) is -0.0454. The van der Waals surface area contributed by atoms with E-state index in [0.717, 1.165) is 6.08 Å². The van der Waals surface area contributed by atoms with Crippen LogP contribution in [0.1, 0.15) is 10.4 Å². The van der Waals surface area contributed by atoms with Gasteiger partial charge < -0.3 is 9.47 Å². The number of ketones is 1. The second kappa shape index (κ2) is 9.13. The van der Waals surface area contributed by atoms with Crippen LogP contribution in [0.25, 0.3) is 0 Å². The van der Waals surface area contributed by atoms with Crippen LogP contribution in [-0.4, -0.2) is 25.0 Å². The molecule has 0 fully saturated rings. The third-order valence-electron chi connectivity index (χ3n) is 2.66. The van der Waals surface area contributed by atoms with E-state index in [1.54, 1.807) is 30.3 Å². The van der Waals surface area contributed by atoms with Gasteiger partial charge in [-0.1, -0.05) is 38.0 Å². The molecule has 0 heterocycles. The Morgan fingerprint density at radius 1 is 1.00 bits per heavy atom. The van der Waals surface area contributed by atoms with Gasteiger partial charge in [0.15, 0.2) is 5.78 Å². The van der Waals surface area contributed by atoms with E-state index >= 15 is 0 Å². The highest BCUT2D eigenvalue weighted by Crippen LogP contribution is 2.15. The Hall–Kier alpha value is -2.88. The van der Waals surface area contributed by atoms with Gasteiger partial charge in [-0.2, -0.15) is 0 Å². The van der Waals surface area contributed by atoms with Gasteiger partial charge in [-0.15, -0.1) is 0 Å². The maximum atomic E-state index is 12.2. The molecule has 0 amide bonds. The molecule has 0 unspecified atom stereocenters. The molecule has 0 N–H and O–H groups in total. The maximum Gasteiger partial charge on any atom is 0.330 e. The van der Waals surface area contributed by atoms with E-state index in [-0.39, 0.29) is 19.0 Å². The first-order valence-corrected chi connectivity index (χ1v) is 6.64. The molecule has 1 aromatic rings. The van der Waals surface area contributed by atoms with Gasteiger partial charge in [-0.3, -0.25) is 4.79 Å². The lowest BCUT2D eigenvalue weighted by atomic mass is 10.0. The fourth-order valence-electron chi connectivity index (χ4n) is 1.59. The monoisotopic (exact) mass is 298 g/mol. The normalized spacial score (nSPS) is 10.5. The number of carbonyl (C=O) groups excluding carboxylic acids is 2. The fourth-order valence-corrected chi connectivity index (χ4v) is 1.59.